The summed E-state index contributed by atoms with van der Waals surface area (Å²) in [4.78, 5) is 28.5. The standard InChI is InChI=1S/C26H31F3N4O5S/c27-26(28,29)17-14-19(15-17)33-9-1-2-21(24(33)36)30-23(35)20-4-3-18(31-39(37,38)13-12-34)16-22(20)32-10-7-25(5-6-25)8-11-32/h1-4,9,16-17,19,31,34H,5-8,10-15H2,(H,30,35). The van der Waals surface area contributed by atoms with Gasteiger partial charge in [0.15, 0.2) is 0 Å². The van der Waals surface area contributed by atoms with Gasteiger partial charge in [-0.25, -0.2) is 8.42 Å². The second-order valence-corrected chi connectivity index (χ2v) is 12.7. The van der Waals surface area contributed by atoms with Gasteiger partial charge in [-0.15, -0.1) is 0 Å². The molecule has 39 heavy (non-hydrogen) atoms. The number of sulfonamides is 1. The van der Waals surface area contributed by atoms with E-state index in [-0.39, 0.29) is 29.8 Å². The first kappa shape index (κ1) is 27.5. The van der Waals surface area contributed by atoms with Gasteiger partial charge in [0.1, 0.15) is 5.69 Å². The zero-order valence-corrected chi connectivity index (χ0v) is 22.0. The number of alkyl halides is 3. The zero-order chi connectivity index (χ0) is 28.0. The van der Waals surface area contributed by atoms with Gasteiger partial charge in [-0.05, 0) is 74.3 Å². The molecular weight excluding hydrogens is 537 g/mol. The first-order valence-corrected chi connectivity index (χ1v) is 14.6. The number of pyridine rings is 1. The second kappa shape index (κ2) is 10.2. The number of hydrogen-bond acceptors (Lipinski definition) is 6. The minimum atomic E-state index is -4.30. The number of anilines is 3. The van der Waals surface area contributed by atoms with Crippen LogP contribution in [0.3, 0.4) is 0 Å². The van der Waals surface area contributed by atoms with Crippen LogP contribution in [0, 0.1) is 11.3 Å². The van der Waals surface area contributed by atoms with Gasteiger partial charge in [0, 0.05) is 25.3 Å². The minimum Gasteiger partial charge on any atom is -0.395 e. The third-order valence-corrected chi connectivity index (χ3v) is 9.46. The highest BCUT2D eigenvalue weighted by atomic mass is 32.2. The van der Waals surface area contributed by atoms with Crippen LogP contribution < -0.4 is 20.5 Å². The number of hydrogen-bond donors (Lipinski definition) is 3. The van der Waals surface area contributed by atoms with Gasteiger partial charge >= 0.3 is 6.18 Å². The van der Waals surface area contributed by atoms with Crippen LogP contribution in [0.2, 0.25) is 0 Å². The van der Waals surface area contributed by atoms with Crippen molar-refractivity contribution in [3.63, 3.8) is 0 Å². The minimum absolute atomic E-state index is 0.0489. The van der Waals surface area contributed by atoms with Crippen molar-refractivity contribution in [2.45, 2.75) is 50.7 Å². The van der Waals surface area contributed by atoms with E-state index in [0.717, 1.165) is 12.8 Å². The predicted octanol–water partition coefficient (Wildman–Crippen LogP) is 3.73. The van der Waals surface area contributed by atoms with Crippen LogP contribution in [0.4, 0.5) is 30.2 Å². The lowest BCUT2D eigenvalue weighted by Gasteiger charge is -2.37. The summed E-state index contributed by atoms with van der Waals surface area (Å²) >= 11 is 0. The Morgan fingerprint density at radius 2 is 1.79 bits per heavy atom. The lowest BCUT2D eigenvalue weighted by atomic mass is 9.79. The van der Waals surface area contributed by atoms with Gasteiger partial charge in [0.2, 0.25) is 10.0 Å². The third kappa shape index (κ3) is 5.93. The molecule has 9 nitrogen and oxygen atoms in total. The van der Waals surface area contributed by atoms with E-state index in [9.17, 15) is 31.2 Å². The van der Waals surface area contributed by atoms with Crippen molar-refractivity contribution in [2.24, 2.45) is 11.3 Å². The average molecular weight is 569 g/mol. The molecule has 0 atom stereocenters. The molecule has 1 amide bonds. The Morgan fingerprint density at radius 1 is 1.10 bits per heavy atom. The van der Waals surface area contributed by atoms with Crippen LogP contribution in [-0.4, -0.2) is 55.6 Å². The number of halogens is 3. The quantitative estimate of drug-likeness (QED) is 0.447. The Kier molecular flexibility index (Phi) is 7.17. The van der Waals surface area contributed by atoms with Crippen LogP contribution in [0.5, 0.6) is 0 Å². The molecule has 1 spiro atoms. The van der Waals surface area contributed by atoms with Crippen LogP contribution >= 0.6 is 0 Å². The number of amides is 1. The second-order valence-electron chi connectivity index (χ2n) is 10.8. The van der Waals surface area contributed by atoms with E-state index in [1.807, 2.05) is 4.90 Å². The molecule has 2 aliphatic carbocycles. The molecule has 0 bridgehead atoms. The fourth-order valence-electron chi connectivity index (χ4n) is 5.46. The SMILES string of the molecule is O=C(Nc1cccn(C2CC(C(F)(F)F)C2)c1=O)c1ccc(NS(=O)(=O)CCO)cc1N1CCC2(CC1)CC2. The smallest absolute Gasteiger partial charge is 0.391 e. The number of carbonyl (C=O) groups is 1. The lowest BCUT2D eigenvalue weighted by molar-refractivity contribution is -0.202. The normalized spacial score (nSPS) is 22.3. The number of rotatable bonds is 8. The fraction of sp³-hybridized carbons (Fsp3) is 0.538. The molecule has 0 unspecified atom stereocenters. The monoisotopic (exact) mass is 568 g/mol. The first-order chi connectivity index (χ1) is 18.4. The molecule has 5 rings (SSSR count). The topological polar surface area (TPSA) is 121 Å². The third-order valence-electron chi connectivity index (χ3n) is 8.19. The Morgan fingerprint density at radius 3 is 2.41 bits per heavy atom. The van der Waals surface area contributed by atoms with E-state index in [1.165, 1.54) is 47.9 Å². The molecule has 13 heteroatoms. The maximum absolute atomic E-state index is 13.4. The molecule has 2 saturated carbocycles. The van der Waals surface area contributed by atoms with Gasteiger partial charge in [-0.2, -0.15) is 13.2 Å². The van der Waals surface area contributed by atoms with Crippen molar-refractivity contribution < 1.29 is 31.5 Å². The number of piperidine rings is 1. The zero-order valence-electron chi connectivity index (χ0n) is 21.2. The molecule has 1 aromatic carbocycles. The summed E-state index contributed by atoms with van der Waals surface area (Å²) in [6.45, 7) is 0.837. The van der Waals surface area contributed by atoms with Gasteiger partial charge in [0.05, 0.1) is 35.2 Å². The van der Waals surface area contributed by atoms with E-state index >= 15 is 0 Å². The van der Waals surface area contributed by atoms with Crippen molar-refractivity contribution >= 4 is 33.0 Å². The van der Waals surface area contributed by atoms with E-state index in [1.54, 1.807) is 6.07 Å². The number of carbonyl (C=O) groups excluding carboxylic acids is 1. The number of aliphatic hydroxyl groups is 1. The molecule has 2 aromatic rings. The Balaban J connectivity index is 1.38. The van der Waals surface area contributed by atoms with Crippen LogP contribution in [-0.2, 0) is 10.0 Å². The summed E-state index contributed by atoms with van der Waals surface area (Å²) in [6, 6.07) is 6.82. The van der Waals surface area contributed by atoms with Gasteiger partial charge in [0.25, 0.3) is 11.5 Å². The highest BCUT2D eigenvalue weighted by Crippen LogP contribution is 2.54. The Hall–Kier alpha value is -3.06. The van der Waals surface area contributed by atoms with Crippen molar-refractivity contribution in [3.8, 4) is 0 Å². The summed E-state index contributed by atoms with van der Waals surface area (Å²) in [5.41, 5.74) is 0.722. The molecule has 3 N–H and O–H groups in total. The largest absolute Gasteiger partial charge is 0.395 e. The molecule has 212 valence electrons. The summed E-state index contributed by atoms with van der Waals surface area (Å²) in [5, 5.41) is 11.7. The number of benzene rings is 1. The summed E-state index contributed by atoms with van der Waals surface area (Å²) < 4.78 is 66.8. The maximum Gasteiger partial charge on any atom is 0.391 e. The molecule has 3 fully saturated rings. The highest BCUT2D eigenvalue weighted by Gasteiger charge is 2.48. The number of aliphatic hydroxyl groups excluding tert-OH is 1. The number of aromatic nitrogens is 1. The van der Waals surface area contributed by atoms with Crippen LogP contribution in [0.15, 0.2) is 41.3 Å². The average Bonchev–Trinajstić information content (AvgIpc) is 3.58. The molecular formula is C26H31F3N4O5S. The fourth-order valence-corrected chi connectivity index (χ4v) is 6.29. The van der Waals surface area contributed by atoms with Crippen molar-refractivity contribution in [3.05, 3.63) is 52.4 Å². The molecule has 1 aromatic heterocycles. The summed E-state index contributed by atoms with van der Waals surface area (Å²) in [7, 11) is -3.78. The van der Waals surface area contributed by atoms with E-state index < -0.39 is 52.0 Å². The summed E-state index contributed by atoms with van der Waals surface area (Å²) in [6.07, 6.45) is 1.03. The Labute approximate surface area is 224 Å². The molecule has 1 aliphatic heterocycles. The maximum atomic E-state index is 13.4. The van der Waals surface area contributed by atoms with Crippen molar-refractivity contribution in [1.29, 1.82) is 0 Å². The highest BCUT2D eigenvalue weighted by molar-refractivity contribution is 7.92. The van der Waals surface area contributed by atoms with Crippen LogP contribution in [0.1, 0.15) is 54.9 Å². The molecule has 1 saturated heterocycles. The van der Waals surface area contributed by atoms with Gasteiger partial charge in [-0.3, -0.25) is 14.3 Å². The Bertz CT molecular complexity index is 1410. The van der Waals surface area contributed by atoms with Gasteiger partial charge in [-0.1, -0.05) is 0 Å². The first-order valence-electron chi connectivity index (χ1n) is 13.0. The van der Waals surface area contributed by atoms with E-state index in [2.05, 4.69) is 10.0 Å². The van der Waals surface area contributed by atoms with Crippen molar-refractivity contribution in [2.75, 3.05) is 40.4 Å². The van der Waals surface area contributed by atoms with E-state index in [4.69, 9.17) is 5.11 Å². The molecule has 0 radical (unpaired) electrons. The summed E-state index contributed by atoms with van der Waals surface area (Å²) in [5.74, 6) is -2.50. The van der Waals surface area contributed by atoms with Crippen LogP contribution in [0.25, 0.3) is 0 Å². The molecule has 2 heterocycles. The number of nitrogens with zero attached hydrogens (tertiary/aromatic N) is 2. The van der Waals surface area contributed by atoms with E-state index in [0.29, 0.717) is 24.2 Å². The predicted molar refractivity (Wildman–Crippen MR) is 141 cm³/mol. The molecule has 3 aliphatic rings. The lowest BCUT2D eigenvalue weighted by Crippen LogP contribution is -2.40. The van der Waals surface area contributed by atoms with Gasteiger partial charge < -0.3 is 19.9 Å². The van der Waals surface area contributed by atoms with Crippen molar-refractivity contribution in [1.82, 2.24) is 4.57 Å². The number of nitrogens with one attached hydrogen (secondary N) is 2.